The van der Waals surface area contributed by atoms with E-state index in [9.17, 15) is 0 Å². The maximum absolute atomic E-state index is 9.14. The SMILES string of the molecule is OCCN(Cc1cscn1)C1CCCCC1. The Morgan fingerprint density at radius 1 is 1.38 bits per heavy atom. The molecule has 1 aliphatic carbocycles. The molecule has 4 heteroatoms. The molecule has 1 heterocycles. The highest BCUT2D eigenvalue weighted by molar-refractivity contribution is 7.07. The largest absolute Gasteiger partial charge is 0.395 e. The van der Waals surface area contributed by atoms with Crippen molar-refractivity contribution in [1.82, 2.24) is 9.88 Å². The van der Waals surface area contributed by atoms with Crippen LogP contribution in [0.15, 0.2) is 10.9 Å². The van der Waals surface area contributed by atoms with E-state index >= 15 is 0 Å². The highest BCUT2D eigenvalue weighted by Crippen LogP contribution is 2.23. The quantitative estimate of drug-likeness (QED) is 0.857. The number of nitrogens with zero attached hydrogens (tertiary/aromatic N) is 2. The summed E-state index contributed by atoms with van der Waals surface area (Å²) in [5.41, 5.74) is 3.02. The fourth-order valence-corrected chi connectivity index (χ4v) is 3.04. The van der Waals surface area contributed by atoms with E-state index in [1.54, 1.807) is 11.3 Å². The van der Waals surface area contributed by atoms with E-state index < -0.39 is 0 Å². The van der Waals surface area contributed by atoms with Crippen molar-refractivity contribution in [2.24, 2.45) is 0 Å². The molecule has 0 aliphatic heterocycles. The second-order valence-electron chi connectivity index (χ2n) is 4.47. The van der Waals surface area contributed by atoms with Gasteiger partial charge in [0.25, 0.3) is 0 Å². The van der Waals surface area contributed by atoms with Gasteiger partial charge in [0.05, 0.1) is 17.8 Å². The first-order valence-electron chi connectivity index (χ1n) is 6.12. The van der Waals surface area contributed by atoms with Crippen LogP contribution in [0, 0.1) is 0 Å². The van der Waals surface area contributed by atoms with Crippen molar-refractivity contribution in [3.05, 3.63) is 16.6 Å². The molecule has 2 rings (SSSR count). The molecule has 0 amide bonds. The van der Waals surface area contributed by atoms with E-state index in [2.05, 4.69) is 15.3 Å². The number of aromatic nitrogens is 1. The molecule has 1 fully saturated rings. The van der Waals surface area contributed by atoms with Crippen molar-refractivity contribution in [3.8, 4) is 0 Å². The van der Waals surface area contributed by atoms with Crippen LogP contribution in [0.3, 0.4) is 0 Å². The van der Waals surface area contributed by atoms with Gasteiger partial charge in [-0.15, -0.1) is 11.3 Å². The van der Waals surface area contributed by atoms with Gasteiger partial charge in [-0.25, -0.2) is 4.98 Å². The summed E-state index contributed by atoms with van der Waals surface area (Å²) in [5.74, 6) is 0. The summed E-state index contributed by atoms with van der Waals surface area (Å²) in [6.07, 6.45) is 6.61. The third kappa shape index (κ3) is 3.27. The van der Waals surface area contributed by atoms with Gasteiger partial charge in [0.15, 0.2) is 0 Å². The van der Waals surface area contributed by atoms with Gasteiger partial charge in [-0.05, 0) is 12.8 Å². The van der Waals surface area contributed by atoms with Crippen molar-refractivity contribution in [3.63, 3.8) is 0 Å². The van der Waals surface area contributed by atoms with Crippen LogP contribution in [0.4, 0.5) is 0 Å². The molecule has 1 aromatic heterocycles. The number of aliphatic hydroxyl groups excluding tert-OH is 1. The molecule has 1 aromatic rings. The third-order valence-corrected chi connectivity index (χ3v) is 3.96. The minimum absolute atomic E-state index is 0.251. The standard InChI is InChI=1S/C12H20N2OS/c15-7-6-14(8-11-9-16-10-13-11)12-4-2-1-3-5-12/h9-10,12,15H,1-8H2. The lowest BCUT2D eigenvalue weighted by Gasteiger charge is -2.33. The number of hydrogen-bond donors (Lipinski definition) is 1. The normalized spacial score (nSPS) is 18.1. The fraction of sp³-hybridized carbons (Fsp3) is 0.750. The van der Waals surface area contributed by atoms with Crippen LogP contribution in [0.25, 0.3) is 0 Å². The third-order valence-electron chi connectivity index (χ3n) is 3.33. The van der Waals surface area contributed by atoms with Gasteiger partial charge in [-0.1, -0.05) is 19.3 Å². The Balaban J connectivity index is 1.92. The second-order valence-corrected chi connectivity index (χ2v) is 5.18. The zero-order chi connectivity index (χ0) is 11.2. The van der Waals surface area contributed by atoms with Crippen LogP contribution in [0.2, 0.25) is 0 Å². The lowest BCUT2D eigenvalue weighted by atomic mass is 9.94. The smallest absolute Gasteiger partial charge is 0.0795 e. The summed E-state index contributed by atoms with van der Waals surface area (Å²) < 4.78 is 0. The van der Waals surface area contributed by atoms with Crippen LogP contribution in [-0.2, 0) is 6.54 Å². The highest BCUT2D eigenvalue weighted by Gasteiger charge is 2.21. The van der Waals surface area contributed by atoms with Crippen LogP contribution < -0.4 is 0 Å². The van der Waals surface area contributed by atoms with Crippen molar-refractivity contribution >= 4 is 11.3 Å². The Bertz CT molecular complexity index is 283. The number of thiazole rings is 1. The van der Waals surface area contributed by atoms with Crippen molar-refractivity contribution < 1.29 is 5.11 Å². The fourth-order valence-electron chi connectivity index (χ4n) is 2.49. The average molecular weight is 240 g/mol. The first-order chi connectivity index (χ1) is 7.90. The Hall–Kier alpha value is -0.450. The number of hydrogen-bond acceptors (Lipinski definition) is 4. The molecule has 0 unspecified atom stereocenters. The zero-order valence-electron chi connectivity index (χ0n) is 9.64. The number of aliphatic hydroxyl groups is 1. The van der Waals surface area contributed by atoms with Gasteiger partial charge >= 0.3 is 0 Å². The Kier molecular flexibility index (Phi) is 4.75. The monoisotopic (exact) mass is 240 g/mol. The Morgan fingerprint density at radius 3 is 2.81 bits per heavy atom. The van der Waals surface area contributed by atoms with Gasteiger partial charge in [0.1, 0.15) is 0 Å². The van der Waals surface area contributed by atoms with Crippen LogP contribution in [0.5, 0.6) is 0 Å². The summed E-state index contributed by atoms with van der Waals surface area (Å²) in [5, 5.41) is 11.2. The molecule has 0 bridgehead atoms. The first kappa shape index (κ1) is 12.0. The molecular formula is C12H20N2OS. The molecule has 3 nitrogen and oxygen atoms in total. The minimum Gasteiger partial charge on any atom is -0.395 e. The van der Waals surface area contributed by atoms with Crippen LogP contribution >= 0.6 is 11.3 Å². The topological polar surface area (TPSA) is 36.4 Å². The summed E-state index contributed by atoms with van der Waals surface area (Å²) in [4.78, 5) is 6.73. The summed E-state index contributed by atoms with van der Waals surface area (Å²) in [7, 11) is 0. The van der Waals surface area contributed by atoms with E-state index in [0.29, 0.717) is 6.04 Å². The second kappa shape index (κ2) is 6.33. The summed E-state index contributed by atoms with van der Waals surface area (Å²) in [6.45, 7) is 1.93. The molecule has 0 atom stereocenters. The highest BCUT2D eigenvalue weighted by atomic mass is 32.1. The van der Waals surface area contributed by atoms with Gasteiger partial charge in [0, 0.05) is 24.5 Å². The van der Waals surface area contributed by atoms with Gasteiger partial charge in [0.2, 0.25) is 0 Å². The Labute approximate surface area is 101 Å². The average Bonchev–Trinajstić information content (AvgIpc) is 2.83. The summed E-state index contributed by atoms with van der Waals surface area (Å²) in [6, 6.07) is 0.655. The van der Waals surface area contributed by atoms with Crippen LogP contribution in [0.1, 0.15) is 37.8 Å². The molecule has 16 heavy (non-hydrogen) atoms. The van der Waals surface area contributed by atoms with Crippen molar-refractivity contribution in [1.29, 1.82) is 0 Å². The van der Waals surface area contributed by atoms with Gasteiger partial charge < -0.3 is 5.11 Å². The lowest BCUT2D eigenvalue weighted by Crippen LogP contribution is -2.38. The maximum Gasteiger partial charge on any atom is 0.0795 e. The molecule has 1 aliphatic rings. The molecule has 1 saturated carbocycles. The van der Waals surface area contributed by atoms with E-state index in [-0.39, 0.29) is 6.61 Å². The van der Waals surface area contributed by atoms with Crippen LogP contribution in [-0.4, -0.2) is 34.2 Å². The van der Waals surface area contributed by atoms with Gasteiger partial charge in [-0.3, -0.25) is 4.90 Å². The molecule has 90 valence electrons. The van der Waals surface area contributed by atoms with Gasteiger partial charge in [-0.2, -0.15) is 0 Å². The first-order valence-corrected chi connectivity index (χ1v) is 7.06. The predicted molar refractivity (Wildman–Crippen MR) is 66.5 cm³/mol. The van der Waals surface area contributed by atoms with E-state index in [1.807, 2.05) is 5.51 Å². The zero-order valence-corrected chi connectivity index (χ0v) is 10.5. The Morgan fingerprint density at radius 2 is 2.19 bits per heavy atom. The maximum atomic E-state index is 9.14. The van der Waals surface area contributed by atoms with Crippen molar-refractivity contribution in [2.75, 3.05) is 13.2 Å². The number of rotatable bonds is 5. The molecule has 0 spiro atoms. The predicted octanol–water partition coefficient (Wildman–Crippen LogP) is 2.27. The summed E-state index contributed by atoms with van der Waals surface area (Å²) >= 11 is 1.65. The van der Waals surface area contributed by atoms with E-state index in [0.717, 1.165) is 18.8 Å². The molecule has 0 saturated heterocycles. The lowest BCUT2D eigenvalue weighted by molar-refractivity contribution is 0.116. The molecular weight excluding hydrogens is 220 g/mol. The molecule has 0 aromatic carbocycles. The van der Waals surface area contributed by atoms with E-state index in [4.69, 9.17) is 5.11 Å². The van der Waals surface area contributed by atoms with E-state index in [1.165, 1.54) is 32.1 Å². The van der Waals surface area contributed by atoms with Crippen molar-refractivity contribution in [2.45, 2.75) is 44.7 Å². The molecule has 1 N–H and O–H groups in total. The minimum atomic E-state index is 0.251. The molecule has 0 radical (unpaired) electrons.